The van der Waals surface area contributed by atoms with Crippen molar-refractivity contribution in [3.8, 4) is 0 Å². The zero-order valence-electron chi connectivity index (χ0n) is 6.63. The number of hydrogen-bond acceptors (Lipinski definition) is 2. The van der Waals surface area contributed by atoms with Crippen molar-refractivity contribution >= 4 is 12.2 Å². The molecule has 0 heterocycles. The summed E-state index contributed by atoms with van der Waals surface area (Å²) in [5.41, 5.74) is 0.985. The molecule has 0 saturated heterocycles. The summed E-state index contributed by atoms with van der Waals surface area (Å²) < 4.78 is 0. The van der Waals surface area contributed by atoms with Crippen LogP contribution in [-0.2, 0) is 4.79 Å². The molecule has 0 spiro atoms. The standard InChI is InChI=1S/C9H8NO2/c1-10-9(12)8-4-2-7(6-11)3-5-8/h2-5H,1H3,(H,10,12). The molecule has 0 unspecified atom stereocenters. The molecule has 3 nitrogen and oxygen atoms in total. The average Bonchev–Trinajstić information content (AvgIpc) is 2.17. The number of benzene rings is 1. The van der Waals surface area contributed by atoms with E-state index < -0.39 is 0 Å². The van der Waals surface area contributed by atoms with Gasteiger partial charge in [0.2, 0.25) is 6.29 Å². The summed E-state index contributed by atoms with van der Waals surface area (Å²) in [5.74, 6) is -0.160. The van der Waals surface area contributed by atoms with Crippen molar-refractivity contribution in [3.05, 3.63) is 35.4 Å². The fraction of sp³-hybridized carbons (Fsp3) is 0.111. The molecule has 1 radical (unpaired) electrons. The van der Waals surface area contributed by atoms with Crippen LogP contribution in [0.1, 0.15) is 15.9 Å². The second kappa shape index (κ2) is 3.67. The van der Waals surface area contributed by atoms with Gasteiger partial charge in [0.25, 0.3) is 5.91 Å². The first-order chi connectivity index (χ1) is 5.77. The third-order valence-corrected chi connectivity index (χ3v) is 1.49. The maximum atomic E-state index is 11.0. The quantitative estimate of drug-likeness (QED) is 0.688. The first-order valence-corrected chi connectivity index (χ1v) is 3.48. The van der Waals surface area contributed by atoms with E-state index in [-0.39, 0.29) is 5.91 Å². The summed E-state index contributed by atoms with van der Waals surface area (Å²) in [5, 5.41) is 2.48. The monoisotopic (exact) mass is 162 g/mol. The molecule has 12 heavy (non-hydrogen) atoms. The van der Waals surface area contributed by atoms with Crippen LogP contribution in [0.4, 0.5) is 0 Å². The smallest absolute Gasteiger partial charge is 0.251 e. The third kappa shape index (κ3) is 1.69. The van der Waals surface area contributed by atoms with Crippen LogP contribution in [0.15, 0.2) is 24.3 Å². The van der Waals surface area contributed by atoms with Gasteiger partial charge in [-0.1, -0.05) is 12.1 Å². The Kier molecular flexibility index (Phi) is 2.58. The van der Waals surface area contributed by atoms with Crippen molar-refractivity contribution in [3.63, 3.8) is 0 Å². The number of carbonyl (C=O) groups excluding carboxylic acids is 2. The minimum atomic E-state index is -0.160. The first-order valence-electron chi connectivity index (χ1n) is 3.48. The Morgan fingerprint density at radius 3 is 2.33 bits per heavy atom. The molecule has 0 aliphatic rings. The Hall–Kier alpha value is -1.64. The molecule has 1 aromatic carbocycles. The van der Waals surface area contributed by atoms with E-state index in [4.69, 9.17) is 0 Å². The van der Waals surface area contributed by atoms with Gasteiger partial charge in [-0.15, -0.1) is 0 Å². The van der Waals surface area contributed by atoms with Gasteiger partial charge in [-0.2, -0.15) is 0 Å². The molecule has 1 rings (SSSR count). The predicted octanol–water partition coefficient (Wildman–Crippen LogP) is 0.504. The topological polar surface area (TPSA) is 46.2 Å². The fourth-order valence-corrected chi connectivity index (χ4v) is 0.834. The van der Waals surface area contributed by atoms with Gasteiger partial charge in [-0.3, -0.25) is 9.59 Å². The van der Waals surface area contributed by atoms with Crippen LogP contribution >= 0.6 is 0 Å². The van der Waals surface area contributed by atoms with Crippen molar-refractivity contribution in [2.24, 2.45) is 0 Å². The average molecular weight is 162 g/mol. The molecule has 0 fully saturated rings. The lowest BCUT2D eigenvalue weighted by Gasteiger charge is -1.97. The van der Waals surface area contributed by atoms with E-state index in [0.29, 0.717) is 11.1 Å². The Balaban J connectivity index is 2.91. The largest absolute Gasteiger partial charge is 0.355 e. The van der Waals surface area contributed by atoms with Gasteiger partial charge in [0, 0.05) is 18.2 Å². The van der Waals surface area contributed by atoms with E-state index >= 15 is 0 Å². The summed E-state index contributed by atoms with van der Waals surface area (Å²) in [7, 11) is 1.56. The molecule has 61 valence electrons. The zero-order valence-corrected chi connectivity index (χ0v) is 6.63. The van der Waals surface area contributed by atoms with E-state index in [0.717, 1.165) is 0 Å². The minimum absolute atomic E-state index is 0.160. The molecule has 0 aliphatic carbocycles. The minimum Gasteiger partial charge on any atom is -0.355 e. The Bertz CT molecular complexity index is 290. The van der Waals surface area contributed by atoms with Crippen molar-refractivity contribution in [1.82, 2.24) is 5.32 Å². The maximum absolute atomic E-state index is 11.0. The van der Waals surface area contributed by atoms with Gasteiger partial charge in [-0.25, -0.2) is 0 Å². The number of nitrogens with one attached hydrogen (secondary N) is 1. The van der Waals surface area contributed by atoms with Crippen LogP contribution < -0.4 is 5.32 Å². The molecule has 0 saturated carbocycles. The maximum Gasteiger partial charge on any atom is 0.251 e. The van der Waals surface area contributed by atoms with Crippen LogP contribution in [0.5, 0.6) is 0 Å². The number of hydrogen-bond donors (Lipinski definition) is 1. The molecule has 0 aliphatic heterocycles. The molecule has 0 bridgehead atoms. The van der Waals surface area contributed by atoms with Crippen molar-refractivity contribution in [2.75, 3.05) is 7.05 Å². The van der Waals surface area contributed by atoms with Crippen LogP contribution in [0.3, 0.4) is 0 Å². The zero-order chi connectivity index (χ0) is 8.97. The highest BCUT2D eigenvalue weighted by Gasteiger charge is 2.01. The lowest BCUT2D eigenvalue weighted by atomic mass is 10.1. The highest BCUT2D eigenvalue weighted by molar-refractivity contribution is 5.94. The number of rotatable bonds is 2. The van der Waals surface area contributed by atoms with E-state index in [1.54, 1.807) is 37.6 Å². The van der Waals surface area contributed by atoms with Gasteiger partial charge < -0.3 is 5.32 Å². The molecule has 0 atom stereocenters. The predicted molar refractivity (Wildman–Crippen MR) is 44.6 cm³/mol. The van der Waals surface area contributed by atoms with Crippen molar-refractivity contribution < 1.29 is 9.59 Å². The summed E-state index contributed by atoms with van der Waals surface area (Å²) in [6.45, 7) is 0. The summed E-state index contributed by atoms with van der Waals surface area (Å²) in [6.07, 6.45) is 1.73. The molecular formula is C9H8NO2. The Labute approximate surface area is 70.4 Å². The van der Waals surface area contributed by atoms with E-state index in [1.165, 1.54) is 0 Å². The SMILES string of the molecule is CNC(=O)c1ccc([C]=O)cc1. The van der Waals surface area contributed by atoms with Crippen LogP contribution in [0.2, 0.25) is 0 Å². The molecule has 1 aromatic rings. The summed E-state index contributed by atoms with van der Waals surface area (Å²) in [6, 6.07) is 6.27. The second-order valence-corrected chi connectivity index (χ2v) is 2.26. The highest BCUT2D eigenvalue weighted by atomic mass is 16.1. The van der Waals surface area contributed by atoms with E-state index in [1.807, 2.05) is 0 Å². The van der Waals surface area contributed by atoms with Gasteiger partial charge >= 0.3 is 0 Å². The summed E-state index contributed by atoms with van der Waals surface area (Å²) in [4.78, 5) is 21.1. The van der Waals surface area contributed by atoms with Gasteiger partial charge in [-0.05, 0) is 12.1 Å². The number of amides is 1. The van der Waals surface area contributed by atoms with E-state index in [9.17, 15) is 9.59 Å². The Morgan fingerprint density at radius 2 is 1.92 bits per heavy atom. The van der Waals surface area contributed by atoms with Gasteiger partial charge in [0.05, 0.1) is 0 Å². The fourth-order valence-electron chi connectivity index (χ4n) is 0.834. The molecular weight excluding hydrogens is 154 g/mol. The van der Waals surface area contributed by atoms with Gasteiger partial charge in [0.15, 0.2) is 0 Å². The molecule has 0 aromatic heterocycles. The van der Waals surface area contributed by atoms with Crippen LogP contribution in [0, 0.1) is 0 Å². The normalized spacial score (nSPS) is 9.08. The van der Waals surface area contributed by atoms with Crippen LogP contribution in [-0.4, -0.2) is 19.2 Å². The second-order valence-electron chi connectivity index (χ2n) is 2.26. The molecule has 1 N–H and O–H groups in total. The summed E-state index contributed by atoms with van der Waals surface area (Å²) >= 11 is 0. The third-order valence-electron chi connectivity index (χ3n) is 1.49. The van der Waals surface area contributed by atoms with E-state index in [2.05, 4.69) is 5.32 Å². The lowest BCUT2D eigenvalue weighted by Crippen LogP contribution is -2.17. The lowest BCUT2D eigenvalue weighted by molar-refractivity contribution is 0.0963. The van der Waals surface area contributed by atoms with Crippen molar-refractivity contribution in [2.45, 2.75) is 0 Å². The molecule has 1 amide bonds. The number of carbonyl (C=O) groups is 1. The highest BCUT2D eigenvalue weighted by Crippen LogP contribution is 2.01. The first kappa shape index (κ1) is 8.46. The van der Waals surface area contributed by atoms with Crippen LogP contribution in [0.25, 0.3) is 0 Å². The van der Waals surface area contributed by atoms with Gasteiger partial charge in [0.1, 0.15) is 0 Å². The van der Waals surface area contributed by atoms with Crippen molar-refractivity contribution in [1.29, 1.82) is 0 Å². The Morgan fingerprint density at radius 1 is 1.33 bits per heavy atom. The molecule has 3 heteroatoms.